The third-order valence-electron chi connectivity index (χ3n) is 4.10. The molecule has 0 saturated heterocycles. The molecule has 5 heteroatoms. The Balaban J connectivity index is 1.87. The number of nitrogens with one attached hydrogen (secondary N) is 1. The topological polar surface area (TPSA) is 76.2 Å². The van der Waals surface area contributed by atoms with Gasteiger partial charge in [-0.15, -0.1) is 0 Å². The van der Waals surface area contributed by atoms with Crippen molar-refractivity contribution in [2.45, 2.75) is 12.8 Å². The minimum Gasteiger partial charge on any atom is -0.465 e. The molecule has 0 spiro atoms. The predicted molar refractivity (Wildman–Crippen MR) is 90.0 cm³/mol. The average molecular weight is 323 g/mol. The number of aromatic amines is 1. The first-order chi connectivity index (χ1) is 11.6. The van der Waals surface area contributed by atoms with E-state index in [4.69, 9.17) is 0 Å². The summed E-state index contributed by atoms with van der Waals surface area (Å²) in [6.07, 6.45) is 4.87. The third-order valence-corrected chi connectivity index (χ3v) is 4.10. The highest BCUT2D eigenvalue weighted by Gasteiger charge is 2.26. The van der Waals surface area contributed by atoms with E-state index >= 15 is 0 Å². The summed E-state index contributed by atoms with van der Waals surface area (Å²) in [7, 11) is 1.20. The molecular formula is C19H17NO4. The van der Waals surface area contributed by atoms with Crippen molar-refractivity contribution in [3.05, 3.63) is 75.2 Å². The van der Waals surface area contributed by atoms with Gasteiger partial charge in [0.05, 0.1) is 7.11 Å². The van der Waals surface area contributed by atoms with Crippen molar-refractivity contribution >= 4 is 17.8 Å². The number of carbonyl (C=O) groups excluding carboxylic acids is 2. The smallest absolute Gasteiger partial charge is 0.343 e. The van der Waals surface area contributed by atoms with Crippen molar-refractivity contribution in [2.75, 3.05) is 7.11 Å². The molecule has 0 amide bonds. The number of fused-ring (bicyclic) bond motifs is 1. The fraction of sp³-hybridized carbons (Fsp3) is 0.211. The summed E-state index contributed by atoms with van der Waals surface area (Å²) in [5, 5.41) is 0. The molecule has 0 bridgehead atoms. The van der Waals surface area contributed by atoms with E-state index in [1.807, 2.05) is 42.5 Å². The highest BCUT2D eigenvalue weighted by atomic mass is 16.5. The number of ether oxygens (including phenoxy) is 1. The SMILES string of the molecule is COC(=O)c1cc2c([nH]c1=O)CC(/C=C/c1ccccc1)CC2=O. The minimum atomic E-state index is -0.738. The fourth-order valence-corrected chi connectivity index (χ4v) is 2.87. The molecule has 2 aromatic rings. The van der Waals surface area contributed by atoms with Gasteiger partial charge in [0, 0.05) is 17.7 Å². The van der Waals surface area contributed by atoms with Crippen LogP contribution in [-0.4, -0.2) is 23.8 Å². The van der Waals surface area contributed by atoms with Gasteiger partial charge in [0.25, 0.3) is 5.56 Å². The Morgan fingerprint density at radius 2 is 1.96 bits per heavy atom. The maximum Gasteiger partial charge on any atom is 0.343 e. The fourth-order valence-electron chi connectivity index (χ4n) is 2.87. The summed E-state index contributed by atoms with van der Waals surface area (Å²) in [5.41, 5.74) is 1.38. The summed E-state index contributed by atoms with van der Waals surface area (Å²) < 4.78 is 4.57. The van der Waals surface area contributed by atoms with Crippen LogP contribution in [-0.2, 0) is 11.2 Å². The van der Waals surface area contributed by atoms with Crippen LogP contribution < -0.4 is 5.56 Å². The van der Waals surface area contributed by atoms with Gasteiger partial charge in [-0.2, -0.15) is 0 Å². The Morgan fingerprint density at radius 1 is 1.21 bits per heavy atom. The van der Waals surface area contributed by atoms with Gasteiger partial charge in [0.15, 0.2) is 5.78 Å². The number of pyridine rings is 1. The van der Waals surface area contributed by atoms with Crippen molar-refractivity contribution in [3.63, 3.8) is 0 Å². The van der Waals surface area contributed by atoms with Gasteiger partial charge in [-0.1, -0.05) is 42.5 Å². The second-order valence-corrected chi connectivity index (χ2v) is 5.76. The number of ketones is 1. The minimum absolute atomic E-state index is 0.0184. The van der Waals surface area contributed by atoms with Crippen LogP contribution in [0.5, 0.6) is 0 Å². The lowest BCUT2D eigenvalue weighted by Gasteiger charge is -2.21. The van der Waals surface area contributed by atoms with Crippen LogP contribution in [0.4, 0.5) is 0 Å². The number of carbonyl (C=O) groups is 2. The maximum atomic E-state index is 12.4. The molecule has 3 rings (SSSR count). The van der Waals surface area contributed by atoms with Gasteiger partial charge >= 0.3 is 5.97 Å². The number of H-pyrrole nitrogens is 1. The number of esters is 1. The van der Waals surface area contributed by atoms with Crippen molar-refractivity contribution in [2.24, 2.45) is 5.92 Å². The summed E-state index contributed by atoms with van der Waals surface area (Å²) in [5.74, 6) is -0.803. The Bertz CT molecular complexity index is 865. The van der Waals surface area contributed by atoms with Crippen molar-refractivity contribution in [1.82, 2.24) is 4.98 Å². The first-order valence-electron chi connectivity index (χ1n) is 7.69. The Morgan fingerprint density at radius 3 is 2.67 bits per heavy atom. The molecule has 1 heterocycles. The molecule has 5 nitrogen and oxygen atoms in total. The van der Waals surface area contributed by atoms with Crippen LogP contribution in [0.25, 0.3) is 6.08 Å². The molecule has 0 saturated carbocycles. The quantitative estimate of drug-likeness (QED) is 0.881. The molecule has 1 N–H and O–H groups in total. The molecule has 1 unspecified atom stereocenters. The van der Waals surface area contributed by atoms with Gasteiger partial charge in [-0.25, -0.2) is 4.79 Å². The van der Waals surface area contributed by atoms with E-state index in [1.165, 1.54) is 13.2 Å². The Kier molecular flexibility index (Phi) is 4.42. The molecule has 1 atom stereocenters. The molecule has 0 aliphatic heterocycles. The van der Waals surface area contributed by atoms with E-state index in [0.29, 0.717) is 24.1 Å². The average Bonchev–Trinajstić information content (AvgIpc) is 2.59. The van der Waals surface area contributed by atoms with Crippen LogP contribution >= 0.6 is 0 Å². The molecule has 0 fully saturated rings. The first-order valence-corrected chi connectivity index (χ1v) is 7.69. The van der Waals surface area contributed by atoms with Gasteiger partial charge < -0.3 is 9.72 Å². The zero-order valence-corrected chi connectivity index (χ0v) is 13.2. The lowest BCUT2D eigenvalue weighted by molar-refractivity contribution is 0.0598. The highest BCUT2D eigenvalue weighted by Crippen LogP contribution is 2.25. The van der Waals surface area contributed by atoms with Crippen LogP contribution in [0.3, 0.4) is 0 Å². The third kappa shape index (κ3) is 3.20. The van der Waals surface area contributed by atoms with Crippen LogP contribution in [0.2, 0.25) is 0 Å². The van der Waals surface area contributed by atoms with E-state index in [1.54, 1.807) is 0 Å². The molecular weight excluding hydrogens is 306 g/mol. The number of hydrogen-bond acceptors (Lipinski definition) is 4. The van der Waals surface area contributed by atoms with Gasteiger partial charge in [-0.3, -0.25) is 9.59 Å². The van der Waals surface area contributed by atoms with Crippen LogP contribution in [0.1, 0.15) is 38.4 Å². The van der Waals surface area contributed by atoms with Gasteiger partial charge in [0.2, 0.25) is 0 Å². The van der Waals surface area contributed by atoms with Gasteiger partial charge in [-0.05, 0) is 24.0 Å². The second-order valence-electron chi connectivity index (χ2n) is 5.76. The number of rotatable bonds is 3. The predicted octanol–water partition coefficient (Wildman–Crippen LogP) is 2.62. The molecule has 122 valence electrons. The van der Waals surface area contributed by atoms with Crippen LogP contribution in [0.15, 0.2) is 47.3 Å². The Hall–Kier alpha value is -2.95. The molecule has 1 aliphatic rings. The number of aromatic nitrogens is 1. The van der Waals surface area contributed by atoms with Gasteiger partial charge in [0.1, 0.15) is 5.56 Å². The molecule has 24 heavy (non-hydrogen) atoms. The lowest BCUT2D eigenvalue weighted by Crippen LogP contribution is -2.27. The van der Waals surface area contributed by atoms with Crippen molar-refractivity contribution in [3.8, 4) is 0 Å². The number of hydrogen-bond donors (Lipinski definition) is 1. The first kappa shape index (κ1) is 15.9. The summed E-state index contributed by atoms with van der Waals surface area (Å²) in [4.78, 5) is 38.6. The largest absolute Gasteiger partial charge is 0.465 e. The highest BCUT2D eigenvalue weighted by molar-refractivity contribution is 6.00. The molecule has 0 radical (unpaired) electrons. The Labute approximate surface area is 139 Å². The zero-order valence-electron chi connectivity index (χ0n) is 13.2. The lowest BCUT2D eigenvalue weighted by atomic mass is 9.85. The monoisotopic (exact) mass is 323 g/mol. The number of allylic oxidation sites excluding steroid dienone is 1. The number of methoxy groups -OCH3 is 1. The summed E-state index contributed by atoms with van der Waals surface area (Å²) in [6, 6.07) is 11.2. The number of Topliss-reactive ketones (excluding diaryl/α,β-unsaturated/α-hetero) is 1. The van der Waals surface area contributed by atoms with E-state index in [9.17, 15) is 14.4 Å². The normalized spacial score (nSPS) is 16.9. The van der Waals surface area contributed by atoms with E-state index in [2.05, 4.69) is 9.72 Å². The van der Waals surface area contributed by atoms with Crippen molar-refractivity contribution < 1.29 is 14.3 Å². The summed E-state index contributed by atoms with van der Waals surface area (Å²) in [6.45, 7) is 0. The van der Waals surface area contributed by atoms with Crippen LogP contribution in [0, 0.1) is 5.92 Å². The maximum absolute atomic E-state index is 12.4. The van der Waals surface area contributed by atoms with Crippen molar-refractivity contribution in [1.29, 1.82) is 0 Å². The number of benzene rings is 1. The van der Waals surface area contributed by atoms with E-state index < -0.39 is 11.5 Å². The standard InChI is InChI=1S/C19H17NO4/c1-24-19(23)15-11-14-16(20-18(15)22)9-13(10-17(14)21)8-7-12-5-3-2-4-6-12/h2-8,11,13H,9-10H2,1H3,(H,20,22)/b8-7+. The summed E-state index contributed by atoms with van der Waals surface area (Å²) >= 11 is 0. The second kappa shape index (κ2) is 6.66. The van der Waals surface area contributed by atoms with E-state index in [0.717, 1.165) is 5.56 Å². The molecule has 1 aromatic heterocycles. The van der Waals surface area contributed by atoms with E-state index in [-0.39, 0.29) is 17.3 Å². The molecule has 1 aromatic carbocycles. The molecule has 1 aliphatic carbocycles. The zero-order chi connectivity index (χ0) is 17.1.